The summed E-state index contributed by atoms with van der Waals surface area (Å²) in [7, 11) is 0. The van der Waals surface area contributed by atoms with Gasteiger partial charge in [-0.2, -0.15) is 0 Å². The lowest BCUT2D eigenvalue weighted by Crippen LogP contribution is -2.43. The number of hydrogen-bond acceptors (Lipinski definition) is 3. The highest BCUT2D eigenvalue weighted by Gasteiger charge is 2.24. The number of rotatable bonds is 14. The zero-order valence-electron chi connectivity index (χ0n) is 15.7. The number of unbranched alkanes of at least 4 members (excludes halogenated alkanes) is 8. The van der Waals surface area contributed by atoms with E-state index >= 15 is 0 Å². The van der Waals surface area contributed by atoms with Crippen LogP contribution in [0.2, 0.25) is 0 Å². The van der Waals surface area contributed by atoms with Gasteiger partial charge >= 0.3 is 5.97 Å². The van der Waals surface area contributed by atoms with Gasteiger partial charge in [0.25, 0.3) is 0 Å². The summed E-state index contributed by atoms with van der Waals surface area (Å²) in [6, 6.07) is -0.481. The first-order chi connectivity index (χ1) is 11.1. The van der Waals surface area contributed by atoms with Crippen LogP contribution in [0.25, 0.3) is 0 Å². The molecule has 1 atom stereocenters. The molecule has 0 aromatic carbocycles. The maximum Gasteiger partial charge on any atom is 0.328 e. The van der Waals surface area contributed by atoms with Crippen molar-refractivity contribution in [2.75, 3.05) is 13.2 Å². The third-order valence-corrected chi connectivity index (χ3v) is 4.25. The van der Waals surface area contributed by atoms with Gasteiger partial charge in [-0.15, -0.1) is 0 Å². The molecular formula is C19H37NO3. The number of hydrogen-bond donors (Lipinski definition) is 0. The van der Waals surface area contributed by atoms with E-state index in [9.17, 15) is 9.59 Å². The highest BCUT2D eigenvalue weighted by atomic mass is 16.5. The Balaban J connectivity index is 3.83. The lowest BCUT2D eigenvalue weighted by molar-refractivity contribution is -0.154. The van der Waals surface area contributed by atoms with E-state index in [0.29, 0.717) is 19.6 Å². The van der Waals surface area contributed by atoms with Crippen molar-refractivity contribution in [3.05, 3.63) is 0 Å². The molecule has 4 nitrogen and oxygen atoms in total. The van der Waals surface area contributed by atoms with Crippen molar-refractivity contribution in [3.8, 4) is 0 Å². The van der Waals surface area contributed by atoms with Crippen LogP contribution >= 0.6 is 0 Å². The van der Waals surface area contributed by atoms with E-state index in [1.807, 2.05) is 6.92 Å². The summed E-state index contributed by atoms with van der Waals surface area (Å²) in [4.78, 5) is 25.6. The van der Waals surface area contributed by atoms with Crippen LogP contribution in [0.1, 0.15) is 91.9 Å². The quantitative estimate of drug-likeness (QED) is 0.343. The largest absolute Gasteiger partial charge is 0.464 e. The molecule has 0 N–H and O–H groups in total. The molecule has 0 heterocycles. The Labute approximate surface area is 143 Å². The molecule has 0 unspecified atom stereocenters. The van der Waals surface area contributed by atoms with Crippen LogP contribution in [-0.4, -0.2) is 36.0 Å². The predicted octanol–water partition coefficient (Wildman–Crippen LogP) is 4.71. The van der Waals surface area contributed by atoms with Gasteiger partial charge in [-0.3, -0.25) is 4.79 Å². The van der Waals surface area contributed by atoms with Gasteiger partial charge in [0.15, 0.2) is 0 Å². The van der Waals surface area contributed by atoms with E-state index < -0.39 is 6.04 Å². The lowest BCUT2D eigenvalue weighted by atomic mass is 10.1. The molecule has 0 aliphatic rings. The molecule has 0 saturated heterocycles. The Morgan fingerprint density at radius 2 is 1.39 bits per heavy atom. The Kier molecular flexibility index (Phi) is 13.9. The minimum absolute atomic E-state index is 0.0657. The maximum atomic E-state index is 12.2. The molecule has 0 bridgehead atoms. The summed E-state index contributed by atoms with van der Waals surface area (Å²) in [6.45, 7) is 8.58. The van der Waals surface area contributed by atoms with E-state index in [1.54, 1.807) is 18.7 Å². The minimum atomic E-state index is -0.481. The fourth-order valence-corrected chi connectivity index (χ4v) is 2.79. The smallest absolute Gasteiger partial charge is 0.328 e. The first-order valence-corrected chi connectivity index (χ1v) is 9.54. The Hall–Kier alpha value is -1.06. The number of carbonyl (C=O) groups excluding carboxylic acids is 2. The van der Waals surface area contributed by atoms with Crippen LogP contribution in [0, 0.1) is 0 Å². The van der Waals surface area contributed by atoms with Gasteiger partial charge < -0.3 is 9.64 Å². The number of ether oxygens (including phenoxy) is 1. The molecule has 0 rings (SSSR count). The molecule has 0 saturated carbocycles. The average Bonchev–Trinajstić information content (AvgIpc) is 2.54. The van der Waals surface area contributed by atoms with Crippen LogP contribution in [0.5, 0.6) is 0 Å². The molecule has 4 heteroatoms. The monoisotopic (exact) mass is 327 g/mol. The van der Waals surface area contributed by atoms with Crippen molar-refractivity contribution >= 4 is 11.9 Å². The molecule has 23 heavy (non-hydrogen) atoms. The number of likely N-dealkylation sites (N-methyl/N-ethyl adjacent to an activating group) is 1. The zero-order valence-corrected chi connectivity index (χ0v) is 15.7. The van der Waals surface area contributed by atoms with Crippen molar-refractivity contribution in [3.63, 3.8) is 0 Å². The molecular weight excluding hydrogens is 290 g/mol. The summed E-state index contributed by atoms with van der Waals surface area (Å²) < 4.78 is 5.00. The van der Waals surface area contributed by atoms with E-state index in [1.165, 1.54) is 44.9 Å². The third-order valence-electron chi connectivity index (χ3n) is 4.25. The van der Waals surface area contributed by atoms with Crippen LogP contribution in [0.4, 0.5) is 0 Å². The van der Waals surface area contributed by atoms with Crippen molar-refractivity contribution < 1.29 is 14.3 Å². The van der Waals surface area contributed by atoms with E-state index in [-0.39, 0.29) is 11.9 Å². The number of amides is 1. The van der Waals surface area contributed by atoms with Crippen LogP contribution in [-0.2, 0) is 14.3 Å². The van der Waals surface area contributed by atoms with E-state index in [0.717, 1.165) is 12.8 Å². The molecule has 1 amide bonds. The van der Waals surface area contributed by atoms with Gasteiger partial charge in [0.2, 0.25) is 5.91 Å². The maximum absolute atomic E-state index is 12.2. The van der Waals surface area contributed by atoms with E-state index in [4.69, 9.17) is 4.74 Å². The molecule has 0 spiro atoms. The van der Waals surface area contributed by atoms with Crippen molar-refractivity contribution in [2.45, 2.75) is 97.9 Å². The van der Waals surface area contributed by atoms with Gasteiger partial charge in [0, 0.05) is 13.0 Å². The van der Waals surface area contributed by atoms with Gasteiger partial charge in [0.1, 0.15) is 6.04 Å². The topological polar surface area (TPSA) is 46.6 Å². The number of nitrogens with zero attached hydrogens (tertiary/aromatic N) is 1. The fourth-order valence-electron chi connectivity index (χ4n) is 2.79. The normalized spacial score (nSPS) is 12.0. The highest BCUT2D eigenvalue weighted by molar-refractivity contribution is 5.84. The molecule has 0 radical (unpaired) electrons. The minimum Gasteiger partial charge on any atom is -0.464 e. The number of esters is 1. The molecule has 136 valence electrons. The second-order valence-electron chi connectivity index (χ2n) is 6.19. The zero-order chi connectivity index (χ0) is 17.5. The molecule has 0 aromatic rings. The molecule has 0 aliphatic heterocycles. The van der Waals surface area contributed by atoms with Crippen molar-refractivity contribution in [2.24, 2.45) is 0 Å². The molecule has 0 aromatic heterocycles. The summed E-state index contributed by atoms with van der Waals surface area (Å²) in [5.74, 6) is -0.245. The number of carbonyl (C=O) groups is 2. The second-order valence-corrected chi connectivity index (χ2v) is 6.19. The predicted molar refractivity (Wildman–Crippen MR) is 95.3 cm³/mol. The fraction of sp³-hybridized carbons (Fsp3) is 0.895. The van der Waals surface area contributed by atoms with Gasteiger partial charge in [-0.1, -0.05) is 58.3 Å². The van der Waals surface area contributed by atoms with Crippen LogP contribution in [0.15, 0.2) is 0 Å². The summed E-state index contributed by atoms with van der Waals surface area (Å²) in [5.41, 5.74) is 0. The standard InChI is InChI=1S/C19H37NO3/c1-5-8-9-10-11-12-13-14-15-16-18(21)20(6-2)17(4)19(22)23-7-3/h17H,5-16H2,1-4H3/t17-/m0/s1. The SMILES string of the molecule is CCCCCCCCCCCC(=O)N(CC)[C@@H](C)C(=O)OCC. The van der Waals surface area contributed by atoms with Crippen LogP contribution in [0.3, 0.4) is 0 Å². The first-order valence-electron chi connectivity index (χ1n) is 9.54. The summed E-state index contributed by atoms with van der Waals surface area (Å²) in [6.07, 6.45) is 11.7. The van der Waals surface area contributed by atoms with Gasteiger partial charge in [0.05, 0.1) is 6.61 Å². The van der Waals surface area contributed by atoms with Crippen molar-refractivity contribution in [1.29, 1.82) is 0 Å². The molecule has 0 fully saturated rings. The van der Waals surface area contributed by atoms with E-state index in [2.05, 4.69) is 6.92 Å². The van der Waals surface area contributed by atoms with Crippen molar-refractivity contribution in [1.82, 2.24) is 4.90 Å². The summed E-state index contributed by atoms with van der Waals surface area (Å²) >= 11 is 0. The Morgan fingerprint density at radius 1 is 0.870 bits per heavy atom. The first kappa shape index (κ1) is 21.9. The second kappa shape index (κ2) is 14.5. The van der Waals surface area contributed by atoms with Gasteiger partial charge in [-0.25, -0.2) is 4.79 Å². The molecule has 0 aliphatic carbocycles. The third kappa shape index (κ3) is 10.4. The highest BCUT2D eigenvalue weighted by Crippen LogP contribution is 2.12. The Bertz CT molecular complexity index is 318. The van der Waals surface area contributed by atoms with Gasteiger partial charge in [-0.05, 0) is 27.2 Å². The Morgan fingerprint density at radius 3 is 1.87 bits per heavy atom. The summed E-state index contributed by atoms with van der Waals surface area (Å²) in [5, 5.41) is 0. The average molecular weight is 328 g/mol. The lowest BCUT2D eigenvalue weighted by Gasteiger charge is -2.26. The van der Waals surface area contributed by atoms with Crippen LogP contribution < -0.4 is 0 Å².